The summed E-state index contributed by atoms with van der Waals surface area (Å²) in [5.74, 6) is 0.116. The molecule has 0 saturated carbocycles. The number of benzene rings is 1. The van der Waals surface area contributed by atoms with E-state index < -0.39 is 0 Å². The Hall–Kier alpha value is -1.88. The Morgan fingerprint density at radius 1 is 1.25 bits per heavy atom. The van der Waals surface area contributed by atoms with Gasteiger partial charge in [-0.15, -0.1) is 0 Å². The van der Waals surface area contributed by atoms with Crippen LogP contribution in [0.4, 0.5) is 0 Å². The molecule has 5 nitrogen and oxygen atoms in total. The topological polar surface area (TPSA) is 53.9 Å². The van der Waals surface area contributed by atoms with Gasteiger partial charge in [-0.25, -0.2) is 0 Å². The summed E-state index contributed by atoms with van der Waals surface area (Å²) < 4.78 is 0. The van der Waals surface area contributed by atoms with Crippen molar-refractivity contribution in [2.45, 2.75) is 39.2 Å². The molecule has 5 heteroatoms. The van der Waals surface area contributed by atoms with E-state index in [0.29, 0.717) is 19.6 Å². The first-order valence-electron chi connectivity index (χ1n) is 9.00. The highest BCUT2D eigenvalue weighted by atomic mass is 16.2. The van der Waals surface area contributed by atoms with E-state index in [1.54, 1.807) is 0 Å². The average molecular weight is 332 g/mol. The van der Waals surface area contributed by atoms with Crippen LogP contribution in [0.1, 0.15) is 43.9 Å². The molecule has 0 heterocycles. The van der Waals surface area contributed by atoms with Crippen molar-refractivity contribution in [3.05, 3.63) is 35.4 Å². The van der Waals surface area contributed by atoms with Gasteiger partial charge in [-0.3, -0.25) is 9.59 Å². The number of quaternary nitrogens is 1. The molecule has 0 bridgehead atoms. The first-order chi connectivity index (χ1) is 11.6. The highest BCUT2D eigenvalue weighted by Crippen LogP contribution is 2.33. The monoisotopic (exact) mass is 332 g/mol. The van der Waals surface area contributed by atoms with Crippen molar-refractivity contribution < 1.29 is 14.5 Å². The van der Waals surface area contributed by atoms with Crippen molar-refractivity contribution in [2.24, 2.45) is 0 Å². The van der Waals surface area contributed by atoms with Crippen LogP contribution in [-0.4, -0.2) is 49.9 Å². The van der Waals surface area contributed by atoms with Crippen molar-refractivity contribution >= 4 is 11.8 Å². The molecule has 2 rings (SSSR count). The molecule has 0 spiro atoms. The van der Waals surface area contributed by atoms with Crippen LogP contribution >= 0.6 is 0 Å². The number of nitrogens with one attached hydrogen (secondary N) is 2. The fourth-order valence-corrected chi connectivity index (χ4v) is 3.44. The Morgan fingerprint density at radius 2 is 2.00 bits per heavy atom. The SMILES string of the molecule is CCNC(=O)C[NH+](CC)CC(=O)N(C)[C@@H]1CCCc2ccccc21. The molecule has 2 amide bonds. The van der Waals surface area contributed by atoms with Crippen molar-refractivity contribution in [3.8, 4) is 0 Å². The van der Waals surface area contributed by atoms with Gasteiger partial charge in [0.15, 0.2) is 13.1 Å². The molecule has 0 radical (unpaired) electrons. The van der Waals surface area contributed by atoms with Gasteiger partial charge in [0.1, 0.15) is 0 Å². The zero-order valence-corrected chi connectivity index (χ0v) is 15.1. The minimum Gasteiger partial charge on any atom is -0.351 e. The zero-order chi connectivity index (χ0) is 17.5. The van der Waals surface area contributed by atoms with Crippen LogP contribution in [0.15, 0.2) is 24.3 Å². The van der Waals surface area contributed by atoms with Gasteiger partial charge in [0.2, 0.25) is 0 Å². The smallest absolute Gasteiger partial charge is 0.278 e. The fourth-order valence-electron chi connectivity index (χ4n) is 3.44. The lowest BCUT2D eigenvalue weighted by atomic mass is 9.87. The van der Waals surface area contributed by atoms with E-state index >= 15 is 0 Å². The van der Waals surface area contributed by atoms with Gasteiger partial charge in [-0.05, 0) is 44.2 Å². The second kappa shape index (κ2) is 8.83. The van der Waals surface area contributed by atoms with E-state index in [4.69, 9.17) is 0 Å². The number of carbonyl (C=O) groups excluding carboxylic acids is 2. The fraction of sp³-hybridized carbons (Fsp3) is 0.579. The van der Waals surface area contributed by atoms with Crippen LogP contribution in [0.5, 0.6) is 0 Å². The minimum atomic E-state index is 0.00724. The molecule has 0 aliphatic heterocycles. The van der Waals surface area contributed by atoms with E-state index in [-0.39, 0.29) is 17.9 Å². The highest BCUT2D eigenvalue weighted by Gasteiger charge is 2.28. The van der Waals surface area contributed by atoms with Crippen LogP contribution < -0.4 is 10.2 Å². The van der Waals surface area contributed by atoms with E-state index in [1.807, 2.05) is 31.9 Å². The van der Waals surface area contributed by atoms with Gasteiger partial charge < -0.3 is 15.1 Å². The Morgan fingerprint density at radius 3 is 2.71 bits per heavy atom. The molecule has 1 aliphatic carbocycles. The lowest BCUT2D eigenvalue weighted by Crippen LogP contribution is -3.14. The standard InChI is InChI=1S/C19H29N3O2/c1-4-20-18(23)13-22(5-2)14-19(24)21(3)17-12-8-10-15-9-6-7-11-16(15)17/h6-7,9,11,17H,4-5,8,10,12-14H2,1-3H3,(H,20,23)/p+1/t17-/m1/s1. The van der Waals surface area contributed by atoms with E-state index in [0.717, 1.165) is 30.7 Å². The minimum absolute atomic E-state index is 0.00724. The number of likely N-dealkylation sites (N-methyl/N-ethyl adjacent to an activating group) is 3. The number of fused-ring (bicyclic) bond motifs is 1. The molecule has 24 heavy (non-hydrogen) atoms. The third kappa shape index (κ3) is 4.57. The summed E-state index contributed by atoms with van der Waals surface area (Å²) in [6, 6.07) is 8.58. The van der Waals surface area contributed by atoms with Crippen LogP contribution in [0.25, 0.3) is 0 Å². The van der Waals surface area contributed by atoms with Gasteiger partial charge in [0, 0.05) is 13.6 Å². The second-order valence-electron chi connectivity index (χ2n) is 6.52. The molecule has 1 aliphatic rings. The van der Waals surface area contributed by atoms with E-state index in [9.17, 15) is 9.59 Å². The summed E-state index contributed by atoms with van der Waals surface area (Å²) in [5.41, 5.74) is 2.64. The quantitative estimate of drug-likeness (QED) is 0.767. The molecule has 2 N–H and O–H groups in total. The van der Waals surface area contributed by atoms with Gasteiger partial charge in [0.05, 0.1) is 12.6 Å². The lowest BCUT2D eigenvalue weighted by molar-refractivity contribution is -0.882. The molecule has 0 fully saturated rings. The maximum atomic E-state index is 12.7. The van der Waals surface area contributed by atoms with Gasteiger partial charge in [-0.1, -0.05) is 24.3 Å². The Balaban J connectivity index is 2.00. The molecule has 1 aromatic carbocycles. The average Bonchev–Trinajstić information content (AvgIpc) is 2.60. The van der Waals surface area contributed by atoms with Gasteiger partial charge in [-0.2, -0.15) is 0 Å². The summed E-state index contributed by atoms with van der Waals surface area (Å²) in [4.78, 5) is 27.4. The van der Waals surface area contributed by atoms with Crippen molar-refractivity contribution in [2.75, 3.05) is 33.2 Å². The van der Waals surface area contributed by atoms with Crippen LogP contribution in [-0.2, 0) is 16.0 Å². The number of aryl methyl sites for hydroxylation is 1. The van der Waals surface area contributed by atoms with Crippen molar-refractivity contribution in [1.82, 2.24) is 10.2 Å². The van der Waals surface area contributed by atoms with Crippen LogP contribution in [0.3, 0.4) is 0 Å². The van der Waals surface area contributed by atoms with Gasteiger partial charge in [0.25, 0.3) is 11.8 Å². The van der Waals surface area contributed by atoms with Gasteiger partial charge >= 0.3 is 0 Å². The molecule has 0 saturated heterocycles. The molecule has 0 aromatic heterocycles. The molecular weight excluding hydrogens is 302 g/mol. The third-order valence-electron chi connectivity index (χ3n) is 4.88. The van der Waals surface area contributed by atoms with Crippen molar-refractivity contribution in [1.29, 1.82) is 0 Å². The van der Waals surface area contributed by atoms with E-state index in [2.05, 4.69) is 23.5 Å². The third-order valence-corrected chi connectivity index (χ3v) is 4.88. The molecule has 2 atom stereocenters. The van der Waals surface area contributed by atoms with Crippen LogP contribution in [0.2, 0.25) is 0 Å². The number of hydrogen-bond donors (Lipinski definition) is 2. The maximum Gasteiger partial charge on any atom is 0.278 e. The largest absolute Gasteiger partial charge is 0.351 e. The maximum absolute atomic E-state index is 12.7. The Kier molecular flexibility index (Phi) is 6.79. The predicted octanol–water partition coefficient (Wildman–Crippen LogP) is 0.563. The molecule has 1 aromatic rings. The summed E-state index contributed by atoms with van der Waals surface area (Å²) in [5, 5.41) is 2.80. The normalized spacial score (nSPS) is 17.7. The summed E-state index contributed by atoms with van der Waals surface area (Å²) in [6.45, 7) is 6.02. The van der Waals surface area contributed by atoms with Crippen LogP contribution in [0, 0.1) is 0 Å². The first kappa shape index (κ1) is 18.5. The molecular formula is C19H30N3O2+. The highest BCUT2D eigenvalue weighted by molar-refractivity contribution is 5.79. The lowest BCUT2D eigenvalue weighted by Gasteiger charge is -2.33. The second-order valence-corrected chi connectivity index (χ2v) is 6.52. The number of carbonyl (C=O) groups is 2. The number of amides is 2. The summed E-state index contributed by atoms with van der Waals surface area (Å²) >= 11 is 0. The Bertz CT molecular complexity index is 573. The summed E-state index contributed by atoms with van der Waals surface area (Å²) in [7, 11) is 1.90. The number of hydrogen-bond acceptors (Lipinski definition) is 2. The van der Waals surface area contributed by atoms with E-state index in [1.165, 1.54) is 11.1 Å². The first-order valence-corrected chi connectivity index (χ1v) is 9.00. The molecule has 132 valence electrons. The predicted molar refractivity (Wildman–Crippen MR) is 94.8 cm³/mol. The number of nitrogens with zero attached hydrogens (tertiary/aromatic N) is 1. The summed E-state index contributed by atoms with van der Waals surface area (Å²) in [6.07, 6.45) is 3.22. The Labute approximate surface area is 145 Å². The molecule has 1 unspecified atom stereocenters. The zero-order valence-electron chi connectivity index (χ0n) is 15.1. The van der Waals surface area contributed by atoms with Crippen molar-refractivity contribution in [3.63, 3.8) is 0 Å². The number of rotatable bonds is 7.